The molecule has 3 rings (SSSR count). The van der Waals surface area contributed by atoms with E-state index >= 15 is 0 Å². The maximum Gasteiger partial charge on any atom is 0.225 e. The fraction of sp³-hybridized carbons (Fsp3) is 0.400. The number of hydrogen-bond acceptors (Lipinski definition) is 5. The normalized spacial score (nSPS) is 15.9. The average Bonchev–Trinajstić information content (AvgIpc) is 3.02. The molecule has 6 heteroatoms. The molecule has 21 heavy (non-hydrogen) atoms. The van der Waals surface area contributed by atoms with Crippen molar-refractivity contribution < 1.29 is 4.79 Å². The maximum absolute atomic E-state index is 12.0. The lowest BCUT2D eigenvalue weighted by Gasteiger charge is -2.32. The van der Waals surface area contributed by atoms with Crippen molar-refractivity contribution in [2.75, 3.05) is 18.0 Å². The second-order valence-electron chi connectivity index (χ2n) is 5.19. The molecule has 0 spiro atoms. The van der Waals surface area contributed by atoms with Gasteiger partial charge in [0.2, 0.25) is 11.9 Å². The van der Waals surface area contributed by atoms with Crippen LogP contribution in [0.15, 0.2) is 35.3 Å². The second-order valence-corrected chi connectivity index (χ2v) is 5.97. The van der Waals surface area contributed by atoms with Crippen LogP contribution in [0.4, 0.5) is 5.95 Å². The molecule has 0 atom stereocenters. The Hall–Kier alpha value is -1.95. The van der Waals surface area contributed by atoms with Crippen molar-refractivity contribution in [1.82, 2.24) is 15.3 Å². The van der Waals surface area contributed by atoms with Gasteiger partial charge in [0.1, 0.15) is 0 Å². The van der Waals surface area contributed by atoms with Crippen LogP contribution < -0.4 is 10.2 Å². The number of nitrogens with zero attached hydrogens (tertiary/aromatic N) is 3. The first-order valence-electron chi connectivity index (χ1n) is 7.13. The van der Waals surface area contributed by atoms with Gasteiger partial charge in [-0.15, -0.1) is 0 Å². The molecule has 0 bridgehead atoms. The van der Waals surface area contributed by atoms with E-state index in [0.29, 0.717) is 6.42 Å². The summed E-state index contributed by atoms with van der Waals surface area (Å²) in [4.78, 5) is 22.7. The minimum atomic E-state index is 0.114. The van der Waals surface area contributed by atoms with E-state index in [2.05, 4.69) is 20.2 Å². The van der Waals surface area contributed by atoms with Crippen molar-refractivity contribution in [2.24, 2.45) is 0 Å². The number of hydrogen-bond donors (Lipinski definition) is 1. The first kappa shape index (κ1) is 14.0. The standard InChI is InChI=1S/C15H18N4OS/c20-14(10-12-4-9-21-11-12)18-13-2-7-19(8-3-13)15-16-5-1-6-17-15/h1,4-6,9,11,13H,2-3,7-8,10H2,(H,18,20). The van der Waals surface area contributed by atoms with E-state index in [4.69, 9.17) is 0 Å². The van der Waals surface area contributed by atoms with E-state index in [9.17, 15) is 4.79 Å². The molecule has 0 aromatic carbocycles. The number of aromatic nitrogens is 2. The number of carbonyl (C=O) groups excluding carboxylic acids is 1. The minimum Gasteiger partial charge on any atom is -0.353 e. The molecule has 1 aliphatic rings. The lowest BCUT2D eigenvalue weighted by atomic mass is 10.0. The van der Waals surface area contributed by atoms with Crippen molar-refractivity contribution >= 4 is 23.2 Å². The molecule has 2 aromatic heterocycles. The molecule has 0 aliphatic carbocycles. The van der Waals surface area contributed by atoms with Gasteiger partial charge in [0.15, 0.2) is 0 Å². The molecule has 3 heterocycles. The van der Waals surface area contributed by atoms with Crippen LogP contribution in [0.3, 0.4) is 0 Å². The number of rotatable bonds is 4. The molecular weight excluding hydrogens is 284 g/mol. The van der Waals surface area contributed by atoms with E-state index in [1.807, 2.05) is 22.9 Å². The lowest BCUT2D eigenvalue weighted by molar-refractivity contribution is -0.121. The smallest absolute Gasteiger partial charge is 0.225 e. The molecule has 1 saturated heterocycles. The van der Waals surface area contributed by atoms with E-state index in [1.54, 1.807) is 23.7 Å². The maximum atomic E-state index is 12.0. The third kappa shape index (κ3) is 3.78. The third-order valence-electron chi connectivity index (χ3n) is 3.64. The summed E-state index contributed by atoms with van der Waals surface area (Å²) in [6.45, 7) is 1.76. The van der Waals surface area contributed by atoms with Crippen LogP contribution in [0.25, 0.3) is 0 Å². The first-order chi connectivity index (χ1) is 10.3. The Kier molecular flexibility index (Phi) is 4.45. The van der Waals surface area contributed by atoms with Gasteiger partial charge in [0, 0.05) is 31.5 Å². The summed E-state index contributed by atoms with van der Waals surface area (Å²) in [5.41, 5.74) is 1.09. The molecule has 0 radical (unpaired) electrons. The minimum absolute atomic E-state index is 0.114. The highest BCUT2D eigenvalue weighted by molar-refractivity contribution is 7.07. The lowest BCUT2D eigenvalue weighted by Crippen LogP contribution is -2.45. The van der Waals surface area contributed by atoms with Gasteiger partial charge in [-0.1, -0.05) is 0 Å². The number of piperidine rings is 1. The second kappa shape index (κ2) is 6.67. The molecule has 1 amide bonds. The topological polar surface area (TPSA) is 58.1 Å². The van der Waals surface area contributed by atoms with Gasteiger partial charge in [-0.25, -0.2) is 9.97 Å². The van der Waals surface area contributed by atoms with Gasteiger partial charge in [0.25, 0.3) is 0 Å². The zero-order valence-electron chi connectivity index (χ0n) is 11.7. The van der Waals surface area contributed by atoms with Crippen LogP contribution in [0.5, 0.6) is 0 Å². The molecule has 0 saturated carbocycles. The van der Waals surface area contributed by atoms with Gasteiger partial charge in [0.05, 0.1) is 6.42 Å². The Bertz CT molecular complexity index is 565. The predicted octanol–water partition coefficient (Wildman–Crippen LogP) is 1.87. The fourth-order valence-electron chi connectivity index (χ4n) is 2.54. The monoisotopic (exact) mass is 302 g/mol. The number of nitrogens with one attached hydrogen (secondary N) is 1. The molecule has 1 fully saturated rings. The van der Waals surface area contributed by atoms with Crippen molar-refractivity contribution in [2.45, 2.75) is 25.3 Å². The summed E-state index contributed by atoms with van der Waals surface area (Å²) in [6, 6.07) is 4.08. The number of amides is 1. The highest BCUT2D eigenvalue weighted by Gasteiger charge is 2.22. The van der Waals surface area contributed by atoms with Crippen LogP contribution in [0.2, 0.25) is 0 Å². The molecule has 1 N–H and O–H groups in total. The molecule has 5 nitrogen and oxygen atoms in total. The summed E-state index contributed by atoms with van der Waals surface area (Å²) in [5.74, 6) is 0.892. The molecule has 0 unspecified atom stereocenters. The molecule has 110 valence electrons. The summed E-state index contributed by atoms with van der Waals surface area (Å²) < 4.78 is 0. The highest BCUT2D eigenvalue weighted by atomic mass is 32.1. The van der Waals surface area contributed by atoms with Crippen molar-refractivity contribution in [3.05, 3.63) is 40.8 Å². The molecule has 2 aromatic rings. The van der Waals surface area contributed by atoms with Gasteiger partial charge in [-0.05, 0) is 41.3 Å². The van der Waals surface area contributed by atoms with E-state index < -0.39 is 0 Å². The van der Waals surface area contributed by atoms with Crippen LogP contribution in [-0.4, -0.2) is 35.0 Å². The Morgan fingerprint density at radius 1 is 1.33 bits per heavy atom. The van der Waals surface area contributed by atoms with Gasteiger partial charge >= 0.3 is 0 Å². The Morgan fingerprint density at radius 3 is 2.76 bits per heavy atom. The zero-order chi connectivity index (χ0) is 14.5. The van der Waals surface area contributed by atoms with Gasteiger partial charge in [-0.2, -0.15) is 11.3 Å². The summed E-state index contributed by atoms with van der Waals surface area (Å²) in [5, 5.41) is 7.15. The first-order valence-corrected chi connectivity index (χ1v) is 8.08. The van der Waals surface area contributed by atoms with Crippen LogP contribution >= 0.6 is 11.3 Å². The Morgan fingerprint density at radius 2 is 2.10 bits per heavy atom. The van der Waals surface area contributed by atoms with Crippen LogP contribution in [-0.2, 0) is 11.2 Å². The summed E-state index contributed by atoms with van der Waals surface area (Å²) >= 11 is 1.62. The van der Waals surface area contributed by atoms with E-state index in [1.165, 1.54) is 0 Å². The Balaban J connectivity index is 1.46. The van der Waals surface area contributed by atoms with Gasteiger partial charge < -0.3 is 10.2 Å². The van der Waals surface area contributed by atoms with Crippen LogP contribution in [0, 0.1) is 0 Å². The van der Waals surface area contributed by atoms with E-state index in [0.717, 1.165) is 37.4 Å². The number of thiophene rings is 1. The number of anilines is 1. The number of carbonyl (C=O) groups is 1. The average molecular weight is 302 g/mol. The largest absolute Gasteiger partial charge is 0.353 e. The quantitative estimate of drug-likeness (QED) is 0.936. The van der Waals surface area contributed by atoms with Gasteiger partial charge in [-0.3, -0.25) is 4.79 Å². The SMILES string of the molecule is O=C(Cc1ccsc1)NC1CCN(c2ncccn2)CC1. The van der Waals surface area contributed by atoms with Crippen molar-refractivity contribution in [1.29, 1.82) is 0 Å². The Labute approximate surface area is 128 Å². The molecule has 1 aliphatic heterocycles. The van der Waals surface area contributed by atoms with Crippen LogP contribution in [0.1, 0.15) is 18.4 Å². The summed E-state index contributed by atoms with van der Waals surface area (Å²) in [7, 11) is 0. The van der Waals surface area contributed by atoms with Crippen molar-refractivity contribution in [3.63, 3.8) is 0 Å². The van der Waals surface area contributed by atoms with Crippen molar-refractivity contribution in [3.8, 4) is 0 Å². The molecular formula is C15H18N4OS. The zero-order valence-corrected chi connectivity index (χ0v) is 12.6. The fourth-order valence-corrected chi connectivity index (χ4v) is 3.20. The highest BCUT2D eigenvalue weighted by Crippen LogP contribution is 2.15. The third-order valence-corrected chi connectivity index (χ3v) is 4.37. The summed E-state index contributed by atoms with van der Waals surface area (Å²) in [6.07, 6.45) is 5.88. The predicted molar refractivity (Wildman–Crippen MR) is 83.4 cm³/mol. The van der Waals surface area contributed by atoms with E-state index in [-0.39, 0.29) is 11.9 Å².